The Balaban J connectivity index is 1.89. The van der Waals surface area contributed by atoms with Crippen molar-refractivity contribution in [2.24, 2.45) is 5.41 Å². The molecule has 0 spiro atoms. The van der Waals surface area contributed by atoms with E-state index < -0.39 is 5.60 Å². The first-order valence-corrected chi connectivity index (χ1v) is 9.50. The fourth-order valence-corrected chi connectivity index (χ4v) is 4.01. The van der Waals surface area contributed by atoms with Gasteiger partial charge in [-0.2, -0.15) is 11.8 Å². The van der Waals surface area contributed by atoms with Crippen molar-refractivity contribution in [3.8, 4) is 0 Å². The fraction of sp³-hybridized carbons (Fsp3) is 0.632. The van der Waals surface area contributed by atoms with E-state index in [1.54, 1.807) is 0 Å². The summed E-state index contributed by atoms with van der Waals surface area (Å²) in [4.78, 5) is 12.7. The molecule has 1 aliphatic heterocycles. The molecule has 1 heterocycles. The quantitative estimate of drug-likeness (QED) is 0.568. The van der Waals surface area contributed by atoms with E-state index in [0.717, 1.165) is 36.3 Å². The third-order valence-electron chi connectivity index (χ3n) is 4.12. The van der Waals surface area contributed by atoms with E-state index in [0.29, 0.717) is 13.2 Å². The molecule has 0 aromatic heterocycles. The lowest BCUT2D eigenvalue weighted by Gasteiger charge is -2.37. The molecule has 0 amide bonds. The Morgan fingerprint density at radius 3 is 2.43 bits per heavy atom. The minimum Gasteiger partial charge on any atom is -0.460 e. The number of benzene rings is 1. The number of hydrogen-bond acceptors (Lipinski definition) is 4. The third kappa shape index (κ3) is 5.85. The highest BCUT2D eigenvalue weighted by molar-refractivity contribution is 7.99. The van der Waals surface area contributed by atoms with Gasteiger partial charge in [0.25, 0.3) is 0 Å². The number of carbonyl (C=O) groups is 1. The van der Waals surface area contributed by atoms with Crippen LogP contribution in [0.25, 0.3) is 0 Å². The average molecular weight is 336 g/mol. The van der Waals surface area contributed by atoms with Gasteiger partial charge in [-0.3, -0.25) is 4.79 Å². The number of ether oxygens (including phenoxy) is 2. The molecule has 1 aromatic carbocycles. The van der Waals surface area contributed by atoms with Gasteiger partial charge in [0.15, 0.2) is 0 Å². The van der Waals surface area contributed by atoms with Crippen LogP contribution in [0, 0.1) is 5.41 Å². The molecule has 0 aliphatic carbocycles. The van der Waals surface area contributed by atoms with Gasteiger partial charge in [0.2, 0.25) is 0 Å². The average Bonchev–Trinajstić information content (AvgIpc) is 2.52. The Labute approximate surface area is 144 Å². The zero-order valence-corrected chi connectivity index (χ0v) is 15.3. The SMILES string of the molecule is CC(C)(C)OC(=O)C1(CCOCc2ccccc2)CCSCC1. The molecular weight excluding hydrogens is 308 g/mol. The molecule has 0 unspecified atom stereocenters. The van der Waals surface area contributed by atoms with Gasteiger partial charge in [0.1, 0.15) is 5.60 Å². The van der Waals surface area contributed by atoms with E-state index in [1.807, 2.05) is 50.7 Å². The predicted octanol–water partition coefficient (Wildman–Crippen LogP) is 4.45. The molecule has 0 radical (unpaired) electrons. The largest absolute Gasteiger partial charge is 0.460 e. The maximum Gasteiger partial charge on any atom is 0.312 e. The first-order chi connectivity index (χ1) is 10.9. The highest BCUT2D eigenvalue weighted by Gasteiger charge is 2.42. The highest BCUT2D eigenvalue weighted by atomic mass is 32.2. The predicted molar refractivity (Wildman–Crippen MR) is 95.6 cm³/mol. The van der Waals surface area contributed by atoms with E-state index in [1.165, 1.54) is 0 Å². The maximum atomic E-state index is 12.7. The van der Waals surface area contributed by atoms with Gasteiger partial charge in [-0.25, -0.2) is 0 Å². The lowest BCUT2D eigenvalue weighted by Crippen LogP contribution is -2.41. The molecule has 1 fully saturated rings. The van der Waals surface area contributed by atoms with Crippen LogP contribution >= 0.6 is 11.8 Å². The number of carbonyl (C=O) groups excluding carboxylic acids is 1. The molecule has 0 N–H and O–H groups in total. The second kappa shape index (κ2) is 8.20. The molecule has 0 atom stereocenters. The zero-order valence-electron chi connectivity index (χ0n) is 14.5. The first-order valence-electron chi connectivity index (χ1n) is 8.34. The molecule has 3 nitrogen and oxygen atoms in total. The van der Waals surface area contributed by atoms with Crippen molar-refractivity contribution in [3.05, 3.63) is 35.9 Å². The third-order valence-corrected chi connectivity index (χ3v) is 5.10. The van der Waals surface area contributed by atoms with Crippen LogP contribution in [0.3, 0.4) is 0 Å². The van der Waals surface area contributed by atoms with E-state index in [-0.39, 0.29) is 11.4 Å². The number of thioether (sulfide) groups is 1. The van der Waals surface area contributed by atoms with Crippen molar-refractivity contribution in [2.45, 2.75) is 52.2 Å². The maximum absolute atomic E-state index is 12.7. The van der Waals surface area contributed by atoms with E-state index in [9.17, 15) is 4.79 Å². The van der Waals surface area contributed by atoms with E-state index in [4.69, 9.17) is 9.47 Å². The van der Waals surface area contributed by atoms with E-state index in [2.05, 4.69) is 12.1 Å². The zero-order chi connectivity index (χ0) is 16.8. The highest BCUT2D eigenvalue weighted by Crippen LogP contribution is 2.40. The minimum atomic E-state index is -0.431. The molecule has 0 bridgehead atoms. The van der Waals surface area contributed by atoms with Crippen molar-refractivity contribution < 1.29 is 14.3 Å². The van der Waals surface area contributed by atoms with Gasteiger partial charge in [0, 0.05) is 6.61 Å². The summed E-state index contributed by atoms with van der Waals surface area (Å²) in [6.07, 6.45) is 2.53. The van der Waals surface area contributed by atoms with Crippen LogP contribution < -0.4 is 0 Å². The molecule has 23 heavy (non-hydrogen) atoms. The Bertz CT molecular complexity index is 487. The molecular formula is C19H28O3S. The molecule has 1 saturated heterocycles. The van der Waals surface area contributed by atoms with Crippen molar-refractivity contribution in [1.29, 1.82) is 0 Å². The van der Waals surface area contributed by atoms with Crippen molar-refractivity contribution in [3.63, 3.8) is 0 Å². The van der Waals surface area contributed by atoms with Crippen molar-refractivity contribution in [1.82, 2.24) is 0 Å². The van der Waals surface area contributed by atoms with Gasteiger partial charge in [-0.1, -0.05) is 30.3 Å². The lowest BCUT2D eigenvalue weighted by atomic mass is 9.79. The number of esters is 1. The van der Waals surface area contributed by atoms with Gasteiger partial charge in [-0.05, 0) is 57.1 Å². The summed E-state index contributed by atoms with van der Waals surface area (Å²) in [6, 6.07) is 10.1. The van der Waals surface area contributed by atoms with Gasteiger partial charge < -0.3 is 9.47 Å². The van der Waals surface area contributed by atoms with Crippen LogP contribution in [-0.4, -0.2) is 29.7 Å². The van der Waals surface area contributed by atoms with Crippen LogP contribution in [0.1, 0.15) is 45.6 Å². The molecule has 0 saturated carbocycles. The topological polar surface area (TPSA) is 35.5 Å². The Morgan fingerprint density at radius 2 is 1.83 bits per heavy atom. The summed E-state index contributed by atoms with van der Waals surface area (Å²) in [6.45, 7) is 6.99. The van der Waals surface area contributed by atoms with Crippen molar-refractivity contribution >= 4 is 17.7 Å². The van der Waals surface area contributed by atoms with E-state index >= 15 is 0 Å². The van der Waals surface area contributed by atoms with Crippen LogP contribution in [0.15, 0.2) is 30.3 Å². The molecule has 1 aliphatic rings. The van der Waals surface area contributed by atoms with Crippen LogP contribution in [0.4, 0.5) is 0 Å². The Hall–Kier alpha value is -1.00. The normalized spacial score (nSPS) is 17.7. The Kier molecular flexibility index (Phi) is 6.54. The smallest absolute Gasteiger partial charge is 0.312 e. The standard InChI is InChI=1S/C19H28O3S/c1-18(2,3)22-17(20)19(10-13-23-14-11-19)9-12-21-15-16-7-5-4-6-8-16/h4-8H,9-15H2,1-3H3. The van der Waals surface area contributed by atoms with Crippen LogP contribution in [0.5, 0.6) is 0 Å². The van der Waals surface area contributed by atoms with Crippen LogP contribution in [0.2, 0.25) is 0 Å². The van der Waals surface area contributed by atoms with Crippen LogP contribution in [-0.2, 0) is 20.9 Å². The van der Waals surface area contributed by atoms with Gasteiger partial charge in [-0.15, -0.1) is 0 Å². The molecule has 1 aromatic rings. The molecule has 2 rings (SSSR count). The lowest BCUT2D eigenvalue weighted by molar-refractivity contribution is -0.169. The number of rotatable bonds is 6. The fourth-order valence-electron chi connectivity index (χ4n) is 2.74. The summed E-state index contributed by atoms with van der Waals surface area (Å²) in [5.41, 5.74) is 0.368. The minimum absolute atomic E-state index is 0.0476. The Morgan fingerprint density at radius 1 is 1.17 bits per heavy atom. The second-order valence-electron chi connectivity index (χ2n) is 7.18. The van der Waals surface area contributed by atoms with Crippen molar-refractivity contribution in [2.75, 3.05) is 18.1 Å². The first kappa shape index (κ1) is 18.3. The summed E-state index contributed by atoms with van der Waals surface area (Å²) in [7, 11) is 0. The summed E-state index contributed by atoms with van der Waals surface area (Å²) in [5, 5.41) is 0. The second-order valence-corrected chi connectivity index (χ2v) is 8.41. The summed E-state index contributed by atoms with van der Waals surface area (Å²) < 4.78 is 11.5. The summed E-state index contributed by atoms with van der Waals surface area (Å²) in [5.74, 6) is 2.00. The van der Waals surface area contributed by atoms with Gasteiger partial charge >= 0.3 is 5.97 Å². The monoisotopic (exact) mass is 336 g/mol. The molecule has 4 heteroatoms. The molecule has 128 valence electrons. The number of hydrogen-bond donors (Lipinski definition) is 0. The van der Waals surface area contributed by atoms with Gasteiger partial charge in [0.05, 0.1) is 12.0 Å². The summed E-state index contributed by atoms with van der Waals surface area (Å²) >= 11 is 1.92.